The van der Waals surface area contributed by atoms with E-state index in [4.69, 9.17) is 9.47 Å². The molecule has 0 heterocycles. The summed E-state index contributed by atoms with van der Waals surface area (Å²) >= 11 is 3.55. The maximum atomic E-state index is 10.2. The Hall–Kier alpha value is -0.740. The molecule has 0 radical (unpaired) electrons. The number of halogens is 1. The molecule has 1 aliphatic rings. The lowest BCUT2D eigenvalue weighted by Gasteiger charge is -2.20. The minimum Gasteiger partial charge on any atom is -0.493 e. The highest BCUT2D eigenvalue weighted by atomic mass is 79.9. The fourth-order valence-electron chi connectivity index (χ4n) is 2.42. The van der Waals surface area contributed by atoms with Gasteiger partial charge in [0.25, 0.3) is 0 Å². The number of benzene rings is 1. The summed E-state index contributed by atoms with van der Waals surface area (Å²) in [5, 5.41) is 10.2. The van der Waals surface area contributed by atoms with Crippen LogP contribution in [0.25, 0.3) is 0 Å². The van der Waals surface area contributed by atoms with Gasteiger partial charge >= 0.3 is 0 Å². The van der Waals surface area contributed by atoms with E-state index in [0.717, 1.165) is 41.3 Å². The third-order valence-corrected chi connectivity index (χ3v) is 3.96. The van der Waals surface area contributed by atoms with Crippen LogP contribution in [-0.4, -0.2) is 19.3 Å². The Kier molecular flexibility index (Phi) is 3.94. The fraction of sp³-hybridized carbons (Fsp3) is 0.538. The van der Waals surface area contributed by atoms with Crippen molar-refractivity contribution in [3.63, 3.8) is 0 Å². The summed E-state index contributed by atoms with van der Waals surface area (Å²) in [5.74, 6) is 1.33. The van der Waals surface area contributed by atoms with Crippen LogP contribution in [0.15, 0.2) is 10.5 Å². The monoisotopic (exact) mass is 300 g/mol. The SMILES string of the molecule is COc1cc(Br)c2c(c1OC)C(O)CCCC2. The number of fused-ring (bicyclic) bond motifs is 1. The summed E-state index contributed by atoms with van der Waals surface area (Å²) in [7, 11) is 3.23. The van der Waals surface area contributed by atoms with Crippen LogP contribution in [0, 0.1) is 0 Å². The van der Waals surface area contributed by atoms with Crippen molar-refractivity contribution in [1.82, 2.24) is 0 Å². The fourth-order valence-corrected chi connectivity index (χ4v) is 3.04. The highest BCUT2D eigenvalue weighted by Crippen LogP contribution is 2.44. The molecular formula is C13H17BrO3. The average molecular weight is 301 g/mol. The third kappa shape index (κ3) is 2.29. The molecule has 3 nitrogen and oxygen atoms in total. The Morgan fingerprint density at radius 1 is 1.29 bits per heavy atom. The average Bonchev–Trinajstić information content (AvgIpc) is 2.52. The molecule has 0 saturated carbocycles. The third-order valence-electron chi connectivity index (χ3n) is 3.25. The number of aliphatic hydroxyl groups is 1. The van der Waals surface area contributed by atoms with E-state index in [2.05, 4.69) is 15.9 Å². The van der Waals surface area contributed by atoms with Gasteiger partial charge in [-0.25, -0.2) is 0 Å². The Morgan fingerprint density at radius 2 is 2.06 bits per heavy atom. The van der Waals surface area contributed by atoms with Crippen LogP contribution in [0.5, 0.6) is 11.5 Å². The summed E-state index contributed by atoms with van der Waals surface area (Å²) in [6, 6.07) is 1.91. The van der Waals surface area contributed by atoms with Crippen LogP contribution >= 0.6 is 15.9 Å². The van der Waals surface area contributed by atoms with Crippen molar-refractivity contribution < 1.29 is 14.6 Å². The predicted molar refractivity (Wildman–Crippen MR) is 69.8 cm³/mol. The Morgan fingerprint density at radius 3 is 2.71 bits per heavy atom. The van der Waals surface area contributed by atoms with Gasteiger partial charge in [0.1, 0.15) is 0 Å². The lowest BCUT2D eigenvalue weighted by Crippen LogP contribution is -2.05. The zero-order chi connectivity index (χ0) is 12.4. The summed E-state index contributed by atoms with van der Waals surface area (Å²) in [4.78, 5) is 0. The maximum absolute atomic E-state index is 10.2. The standard InChI is InChI=1S/C13H17BrO3/c1-16-11-7-9(14)8-5-3-4-6-10(15)12(8)13(11)17-2/h7,10,15H,3-6H2,1-2H3. The number of ether oxygens (including phenoxy) is 2. The second-order valence-corrected chi connectivity index (χ2v) is 5.10. The zero-order valence-electron chi connectivity index (χ0n) is 10.1. The van der Waals surface area contributed by atoms with E-state index in [9.17, 15) is 5.11 Å². The summed E-state index contributed by atoms with van der Waals surface area (Å²) in [5.41, 5.74) is 2.03. The molecular weight excluding hydrogens is 284 g/mol. The lowest BCUT2D eigenvalue weighted by atomic mass is 9.99. The van der Waals surface area contributed by atoms with Gasteiger partial charge in [-0.3, -0.25) is 0 Å². The molecule has 1 aromatic carbocycles. The van der Waals surface area contributed by atoms with Gasteiger partial charge in [-0.05, 0) is 30.9 Å². The maximum Gasteiger partial charge on any atom is 0.166 e. The Bertz CT molecular complexity index is 418. The molecule has 94 valence electrons. The van der Waals surface area contributed by atoms with E-state index in [0.29, 0.717) is 11.5 Å². The van der Waals surface area contributed by atoms with Gasteiger partial charge in [-0.15, -0.1) is 0 Å². The van der Waals surface area contributed by atoms with Gasteiger partial charge < -0.3 is 14.6 Å². The van der Waals surface area contributed by atoms with Gasteiger partial charge in [0, 0.05) is 10.0 Å². The number of hydrogen-bond donors (Lipinski definition) is 1. The molecule has 0 spiro atoms. The Balaban J connectivity index is 2.64. The van der Waals surface area contributed by atoms with Gasteiger partial charge in [0.2, 0.25) is 0 Å². The molecule has 0 aliphatic heterocycles. The first kappa shape index (κ1) is 12.7. The van der Waals surface area contributed by atoms with Gasteiger partial charge in [0.05, 0.1) is 20.3 Å². The van der Waals surface area contributed by atoms with E-state index in [-0.39, 0.29) is 0 Å². The van der Waals surface area contributed by atoms with Crippen molar-refractivity contribution in [2.75, 3.05) is 14.2 Å². The summed E-state index contributed by atoms with van der Waals surface area (Å²) in [6.07, 6.45) is 3.41. The van der Waals surface area contributed by atoms with Gasteiger partial charge in [-0.1, -0.05) is 22.4 Å². The van der Waals surface area contributed by atoms with Crippen molar-refractivity contribution >= 4 is 15.9 Å². The molecule has 1 unspecified atom stereocenters. The topological polar surface area (TPSA) is 38.7 Å². The molecule has 0 amide bonds. The second kappa shape index (κ2) is 5.27. The van der Waals surface area contributed by atoms with Crippen LogP contribution in [0.2, 0.25) is 0 Å². The van der Waals surface area contributed by atoms with E-state index in [1.807, 2.05) is 6.07 Å². The highest BCUT2D eigenvalue weighted by Gasteiger charge is 2.25. The highest BCUT2D eigenvalue weighted by molar-refractivity contribution is 9.10. The first-order valence-corrected chi connectivity index (χ1v) is 6.59. The van der Waals surface area contributed by atoms with Crippen LogP contribution in [0.4, 0.5) is 0 Å². The first-order valence-electron chi connectivity index (χ1n) is 5.80. The number of methoxy groups -OCH3 is 2. The molecule has 0 saturated heterocycles. The van der Waals surface area contributed by atoms with Crippen molar-refractivity contribution in [2.24, 2.45) is 0 Å². The number of hydrogen-bond acceptors (Lipinski definition) is 3. The van der Waals surface area contributed by atoms with Crippen LogP contribution in [0.3, 0.4) is 0 Å². The van der Waals surface area contributed by atoms with Crippen molar-refractivity contribution in [2.45, 2.75) is 31.8 Å². The Labute approximate surface area is 110 Å². The summed E-state index contributed by atoms with van der Waals surface area (Å²) < 4.78 is 11.7. The molecule has 17 heavy (non-hydrogen) atoms. The van der Waals surface area contributed by atoms with Crippen LogP contribution < -0.4 is 9.47 Å². The zero-order valence-corrected chi connectivity index (χ0v) is 11.7. The van der Waals surface area contributed by atoms with E-state index >= 15 is 0 Å². The normalized spacial score (nSPS) is 19.4. The molecule has 0 bridgehead atoms. The molecule has 1 aliphatic carbocycles. The lowest BCUT2D eigenvalue weighted by molar-refractivity contribution is 0.161. The van der Waals surface area contributed by atoms with E-state index < -0.39 is 6.10 Å². The first-order chi connectivity index (χ1) is 8.19. The quantitative estimate of drug-likeness (QED) is 0.852. The van der Waals surface area contributed by atoms with Crippen LogP contribution in [-0.2, 0) is 6.42 Å². The second-order valence-electron chi connectivity index (χ2n) is 4.25. The number of aliphatic hydroxyl groups excluding tert-OH is 1. The molecule has 0 fully saturated rings. The molecule has 4 heteroatoms. The van der Waals surface area contributed by atoms with Crippen LogP contribution in [0.1, 0.15) is 36.5 Å². The minimum atomic E-state index is -0.464. The molecule has 1 aromatic rings. The molecule has 1 atom stereocenters. The summed E-state index contributed by atoms with van der Waals surface area (Å²) in [6.45, 7) is 0. The molecule has 0 aromatic heterocycles. The van der Waals surface area contributed by atoms with Gasteiger partial charge in [0.15, 0.2) is 11.5 Å². The van der Waals surface area contributed by atoms with E-state index in [1.54, 1.807) is 14.2 Å². The van der Waals surface area contributed by atoms with Crippen molar-refractivity contribution in [3.8, 4) is 11.5 Å². The number of rotatable bonds is 2. The largest absolute Gasteiger partial charge is 0.493 e. The van der Waals surface area contributed by atoms with Crippen molar-refractivity contribution in [1.29, 1.82) is 0 Å². The molecule has 1 N–H and O–H groups in total. The smallest absolute Gasteiger partial charge is 0.166 e. The van der Waals surface area contributed by atoms with Crippen molar-refractivity contribution in [3.05, 3.63) is 21.7 Å². The minimum absolute atomic E-state index is 0.464. The molecule has 2 rings (SSSR count). The predicted octanol–water partition coefficient (Wildman–Crippen LogP) is 3.23. The van der Waals surface area contributed by atoms with Gasteiger partial charge in [-0.2, -0.15) is 0 Å². The van der Waals surface area contributed by atoms with E-state index in [1.165, 1.54) is 0 Å².